The first-order valence-electron chi connectivity index (χ1n) is 7.57. The summed E-state index contributed by atoms with van der Waals surface area (Å²) >= 11 is 0. The van der Waals surface area contributed by atoms with Crippen LogP contribution in [0.15, 0.2) is 30.5 Å². The van der Waals surface area contributed by atoms with Crippen molar-refractivity contribution < 1.29 is 0 Å². The molecule has 102 valence electrons. The molecule has 1 aromatic heterocycles. The van der Waals surface area contributed by atoms with Crippen LogP contribution in [-0.4, -0.2) is 11.1 Å². The van der Waals surface area contributed by atoms with Crippen LogP contribution in [0.5, 0.6) is 0 Å². The van der Waals surface area contributed by atoms with Gasteiger partial charge in [-0.3, -0.25) is 0 Å². The lowest BCUT2D eigenvalue weighted by molar-refractivity contribution is 0.465. The second kappa shape index (κ2) is 5.38. The van der Waals surface area contributed by atoms with E-state index in [0.717, 1.165) is 5.92 Å². The molecule has 1 aliphatic rings. The summed E-state index contributed by atoms with van der Waals surface area (Å²) in [4.78, 5) is 0. The molecule has 19 heavy (non-hydrogen) atoms. The second-order valence-electron chi connectivity index (χ2n) is 6.04. The average Bonchev–Trinajstić information content (AvgIpc) is 3.08. The van der Waals surface area contributed by atoms with Crippen LogP contribution in [0.4, 0.5) is 0 Å². The highest BCUT2D eigenvalue weighted by Crippen LogP contribution is 2.30. The molecule has 2 heteroatoms. The molecule has 1 aliphatic carbocycles. The maximum Gasteiger partial charge on any atom is 0.0516 e. The van der Waals surface area contributed by atoms with Crippen LogP contribution >= 0.6 is 0 Å². The smallest absolute Gasteiger partial charge is 0.0516 e. The summed E-state index contributed by atoms with van der Waals surface area (Å²) in [5, 5.41) is 1.36. The van der Waals surface area contributed by atoms with E-state index in [9.17, 15) is 0 Å². The normalized spacial score (nSPS) is 18.2. The van der Waals surface area contributed by atoms with Gasteiger partial charge in [0.05, 0.1) is 5.52 Å². The monoisotopic (exact) mass is 256 g/mol. The van der Waals surface area contributed by atoms with Gasteiger partial charge in [-0.25, -0.2) is 0 Å². The summed E-state index contributed by atoms with van der Waals surface area (Å²) in [5.74, 6) is 1.30. The van der Waals surface area contributed by atoms with Crippen molar-refractivity contribution in [1.29, 1.82) is 0 Å². The van der Waals surface area contributed by atoms with Crippen LogP contribution in [-0.2, 0) is 6.54 Å². The molecule has 0 bridgehead atoms. The Kier molecular flexibility index (Phi) is 3.61. The highest BCUT2D eigenvalue weighted by molar-refractivity contribution is 5.84. The minimum Gasteiger partial charge on any atom is -0.347 e. The number of hydrogen-bond donors (Lipinski definition) is 1. The summed E-state index contributed by atoms with van der Waals surface area (Å²) in [6.45, 7) is 4.12. The molecule has 2 aromatic rings. The Morgan fingerprint density at radius 2 is 2.05 bits per heavy atom. The number of aromatic nitrogens is 1. The van der Waals surface area contributed by atoms with Crippen LogP contribution < -0.4 is 5.73 Å². The molecule has 0 amide bonds. The zero-order chi connectivity index (χ0) is 13.2. The Morgan fingerprint density at radius 1 is 1.26 bits per heavy atom. The standard InChI is InChI=1S/C17H24N2/c1-13(11-18)16-8-4-7-15-9-10-19(17(15)16)12-14-5-2-3-6-14/h4,7-10,13-14H,2-3,5-6,11-12,18H2,1H3. The Morgan fingerprint density at radius 3 is 2.79 bits per heavy atom. The molecule has 1 heterocycles. The Labute approximate surface area is 115 Å². The molecule has 0 aliphatic heterocycles. The fraction of sp³-hybridized carbons (Fsp3) is 0.529. The third-order valence-corrected chi connectivity index (χ3v) is 4.63. The number of benzene rings is 1. The van der Waals surface area contributed by atoms with E-state index < -0.39 is 0 Å². The predicted molar refractivity (Wildman–Crippen MR) is 81.4 cm³/mol. The fourth-order valence-corrected chi connectivity index (χ4v) is 3.44. The van der Waals surface area contributed by atoms with Gasteiger partial charge in [-0.1, -0.05) is 38.0 Å². The lowest BCUT2D eigenvalue weighted by Crippen LogP contribution is -2.12. The molecule has 0 saturated heterocycles. The number of rotatable bonds is 4. The topological polar surface area (TPSA) is 30.9 Å². The summed E-state index contributed by atoms with van der Waals surface area (Å²) in [6.07, 6.45) is 7.88. The van der Waals surface area contributed by atoms with Crippen molar-refractivity contribution in [3.8, 4) is 0 Å². The molecular formula is C17H24N2. The lowest BCUT2D eigenvalue weighted by atomic mass is 9.98. The Hall–Kier alpha value is -1.28. The van der Waals surface area contributed by atoms with Gasteiger partial charge in [-0.05, 0) is 48.2 Å². The van der Waals surface area contributed by atoms with E-state index in [0.29, 0.717) is 12.5 Å². The summed E-state index contributed by atoms with van der Waals surface area (Å²) in [6, 6.07) is 8.86. The second-order valence-corrected chi connectivity index (χ2v) is 6.04. The molecule has 1 fully saturated rings. The van der Waals surface area contributed by atoms with Gasteiger partial charge in [-0.15, -0.1) is 0 Å². The number of para-hydroxylation sites is 1. The van der Waals surface area contributed by atoms with Gasteiger partial charge in [0.1, 0.15) is 0 Å². The highest BCUT2D eigenvalue weighted by atomic mass is 15.0. The van der Waals surface area contributed by atoms with Crippen LogP contribution in [0.25, 0.3) is 10.9 Å². The van der Waals surface area contributed by atoms with Crippen LogP contribution in [0.1, 0.15) is 44.1 Å². The van der Waals surface area contributed by atoms with E-state index in [1.165, 1.54) is 48.7 Å². The molecule has 0 radical (unpaired) electrons. The van der Waals surface area contributed by atoms with Gasteiger partial charge in [0.25, 0.3) is 0 Å². The van der Waals surface area contributed by atoms with Crippen LogP contribution in [0.2, 0.25) is 0 Å². The van der Waals surface area contributed by atoms with E-state index >= 15 is 0 Å². The largest absolute Gasteiger partial charge is 0.347 e. The molecule has 1 aromatic carbocycles. The van der Waals surface area contributed by atoms with E-state index in [-0.39, 0.29) is 0 Å². The van der Waals surface area contributed by atoms with Gasteiger partial charge >= 0.3 is 0 Å². The minimum absolute atomic E-state index is 0.431. The van der Waals surface area contributed by atoms with Crippen molar-refractivity contribution >= 4 is 10.9 Å². The van der Waals surface area contributed by atoms with Gasteiger partial charge < -0.3 is 10.3 Å². The van der Waals surface area contributed by atoms with Crippen molar-refractivity contribution in [3.63, 3.8) is 0 Å². The van der Waals surface area contributed by atoms with Crippen molar-refractivity contribution in [2.24, 2.45) is 11.7 Å². The summed E-state index contributed by atoms with van der Waals surface area (Å²) in [7, 11) is 0. The lowest BCUT2D eigenvalue weighted by Gasteiger charge is -2.16. The fourth-order valence-electron chi connectivity index (χ4n) is 3.44. The predicted octanol–water partition coefficient (Wildman–Crippen LogP) is 3.89. The molecule has 3 rings (SSSR count). The molecule has 1 unspecified atom stereocenters. The maximum atomic E-state index is 5.87. The molecule has 0 spiro atoms. The molecule has 2 N–H and O–H groups in total. The van der Waals surface area contributed by atoms with Crippen molar-refractivity contribution in [2.45, 2.75) is 45.1 Å². The quantitative estimate of drug-likeness (QED) is 0.884. The third-order valence-electron chi connectivity index (χ3n) is 4.63. The van der Waals surface area contributed by atoms with Crippen LogP contribution in [0.3, 0.4) is 0 Å². The summed E-state index contributed by atoms with van der Waals surface area (Å²) < 4.78 is 2.47. The number of hydrogen-bond acceptors (Lipinski definition) is 1. The average molecular weight is 256 g/mol. The van der Waals surface area contributed by atoms with Gasteiger partial charge in [0.2, 0.25) is 0 Å². The number of nitrogens with two attached hydrogens (primary N) is 1. The Balaban J connectivity index is 1.99. The van der Waals surface area contributed by atoms with Crippen LogP contribution in [0, 0.1) is 5.92 Å². The summed E-state index contributed by atoms with van der Waals surface area (Å²) in [5.41, 5.74) is 8.68. The van der Waals surface area contributed by atoms with Gasteiger partial charge in [-0.2, -0.15) is 0 Å². The molecular weight excluding hydrogens is 232 g/mol. The zero-order valence-electron chi connectivity index (χ0n) is 11.8. The van der Waals surface area contributed by atoms with Crippen molar-refractivity contribution in [3.05, 3.63) is 36.0 Å². The SMILES string of the molecule is CC(CN)c1cccc2ccn(CC3CCCC3)c12. The molecule has 1 atom stereocenters. The first-order chi connectivity index (χ1) is 9.29. The van der Waals surface area contributed by atoms with Crippen molar-refractivity contribution in [1.82, 2.24) is 4.57 Å². The Bertz CT molecular complexity index is 549. The minimum atomic E-state index is 0.431. The van der Waals surface area contributed by atoms with Crippen molar-refractivity contribution in [2.75, 3.05) is 6.54 Å². The van der Waals surface area contributed by atoms with Gasteiger partial charge in [0.15, 0.2) is 0 Å². The first kappa shape index (κ1) is 12.7. The molecule has 1 saturated carbocycles. The van der Waals surface area contributed by atoms with E-state index in [4.69, 9.17) is 5.73 Å². The van der Waals surface area contributed by atoms with E-state index in [1.54, 1.807) is 0 Å². The number of nitrogens with zero attached hydrogens (tertiary/aromatic N) is 1. The zero-order valence-corrected chi connectivity index (χ0v) is 11.8. The van der Waals surface area contributed by atoms with Gasteiger partial charge in [0, 0.05) is 12.7 Å². The van der Waals surface area contributed by atoms with E-state index in [2.05, 4.69) is 42.0 Å². The van der Waals surface area contributed by atoms with E-state index in [1.807, 2.05) is 0 Å². The molecule has 2 nitrogen and oxygen atoms in total. The maximum absolute atomic E-state index is 5.87. The number of fused-ring (bicyclic) bond motifs is 1. The first-order valence-corrected chi connectivity index (χ1v) is 7.57. The third kappa shape index (κ3) is 2.42. The highest BCUT2D eigenvalue weighted by Gasteiger charge is 2.18.